The van der Waals surface area contributed by atoms with Gasteiger partial charge in [0.05, 0.1) is 0 Å². The molecular weight excluding hydrogens is 342 g/mol. The van der Waals surface area contributed by atoms with Gasteiger partial charge in [0.1, 0.15) is 12.1 Å². The maximum atomic E-state index is 13.0. The molecule has 6 nitrogen and oxygen atoms in total. The molecule has 0 saturated carbocycles. The molecule has 142 valence electrons. The normalized spacial score (nSPS) is 17.3. The molecule has 6 heteroatoms. The highest BCUT2D eigenvalue weighted by atomic mass is 16.2. The first-order valence-corrected chi connectivity index (χ1v) is 9.22. The van der Waals surface area contributed by atoms with Crippen molar-refractivity contribution in [2.75, 3.05) is 18.0 Å². The van der Waals surface area contributed by atoms with Gasteiger partial charge >= 0.3 is 0 Å². The number of aromatic nitrogens is 1. The smallest absolute Gasteiger partial charge is 0.263 e. The van der Waals surface area contributed by atoms with Gasteiger partial charge in [-0.05, 0) is 52.0 Å². The Balaban J connectivity index is 1.85. The van der Waals surface area contributed by atoms with Crippen LogP contribution in [0.5, 0.6) is 0 Å². The van der Waals surface area contributed by atoms with Crippen molar-refractivity contribution < 1.29 is 9.59 Å². The first-order valence-electron chi connectivity index (χ1n) is 9.22. The third-order valence-electron chi connectivity index (χ3n) is 5.13. The number of hydrogen-bond acceptors (Lipinski definition) is 3. The van der Waals surface area contributed by atoms with Gasteiger partial charge in [0.15, 0.2) is 0 Å². The minimum Gasteiger partial charge on any atom is -0.325 e. The predicted molar refractivity (Wildman–Crippen MR) is 105 cm³/mol. The van der Waals surface area contributed by atoms with Crippen LogP contribution in [0.3, 0.4) is 0 Å². The van der Waals surface area contributed by atoms with Crippen LogP contribution in [-0.4, -0.2) is 40.4 Å². The lowest BCUT2D eigenvalue weighted by atomic mass is 10.1. The van der Waals surface area contributed by atoms with Crippen molar-refractivity contribution in [3.05, 3.63) is 63.6 Å². The SMILES string of the molecule is CCn1c(C)ccc(C(=O)N2CC(=O)N(c3ccc(C)cc3)C[C@@H]2C)c1=O. The van der Waals surface area contributed by atoms with Gasteiger partial charge in [0, 0.05) is 30.5 Å². The van der Waals surface area contributed by atoms with Crippen LogP contribution in [0.2, 0.25) is 0 Å². The highest BCUT2D eigenvalue weighted by Crippen LogP contribution is 2.21. The first kappa shape index (κ1) is 18.9. The molecule has 3 rings (SSSR count). The topological polar surface area (TPSA) is 62.6 Å². The number of anilines is 1. The number of carbonyl (C=O) groups is 2. The van der Waals surface area contributed by atoms with Crippen LogP contribution in [0.25, 0.3) is 0 Å². The average molecular weight is 367 g/mol. The number of nitrogens with zero attached hydrogens (tertiary/aromatic N) is 3. The van der Waals surface area contributed by atoms with Gasteiger partial charge in [-0.1, -0.05) is 17.7 Å². The summed E-state index contributed by atoms with van der Waals surface area (Å²) < 4.78 is 1.57. The van der Waals surface area contributed by atoms with Gasteiger partial charge in [0.2, 0.25) is 5.91 Å². The van der Waals surface area contributed by atoms with E-state index in [1.807, 2.05) is 52.0 Å². The maximum Gasteiger partial charge on any atom is 0.263 e. The minimum absolute atomic E-state index is 0.0344. The molecule has 1 aliphatic heterocycles. The summed E-state index contributed by atoms with van der Waals surface area (Å²) in [6, 6.07) is 10.9. The van der Waals surface area contributed by atoms with E-state index in [-0.39, 0.29) is 35.5 Å². The highest BCUT2D eigenvalue weighted by Gasteiger charge is 2.34. The van der Waals surface area contributed by atoms with Gasteiger partial charge in [0.25, 0.3) is 11.5 Å². The van der Waals surface area contributed by atoms with Crippen LogP contribution in [0.1, 0.15) is 35.5 Å². The van der Waals surface area contributed by atoms with Crippen molar-refractivity contribution in [1.29, 1.82) is 0 Å². The van der Waals surface area contributed by atoms with E-state index in [0.717, 1.165) is 16.9 Å². The zero-order valence-corrected chi connectivity index (χ0v) is 16.2. The fourth-order valence-corrected chi connectivity index (χ4v) is 3.48. The van der Waals surface area contributed by atoms with E-state index in [4.69, 9.17) is 0 Å². The standard InChI is InChI=1S/C21H25N3O3/c1-5-22-15(3)8-11-18(20(22)26)21(27)23-13-19(25)24(12-16(23)4)17-9-6-14(2)7-10-17/h6-11,16H,5,12-13H2,1-4H3/t16-/m0/s1. The lowest BCUT2D eigenvalue weighted by Gasteiger charge is -2.39. The Kier molecular flexibility index (Phi) is 5.17. The van der Waals surface area contributed by atoms with E-state index >= 15 is 0 Å². The molecule has 0 radical (unpaired) electrons. The second-order valence-corrected chi connectivity index (χ2v) is 7.06. The second-order valence-electron chi connectivity index (χ2n) is 7.06. The Morgan fingerprint density at radius 1 is 1.07 bits per heavy atom. The zero-order chi connectivity index (χ0) is 19.7. The molecule has 0 bridgehead atoms. The summed E-state index contributed by atoms with van der Waals surface area (Å²) >= 11 is 0. The zero-order valence-electron chi connectivity index (χ0n) is 16.2. The fourth-order valence-electron chi connectivity index (χ4n) is 3.48. The Morgan fingerprint density at radius 3 is 2.37 bits per heavy atom. The van der Waals surface area contributed by atoms with E-state index in [1.54, 1.807) is 21.6 Å². The van der Waals surface area contributed by atoms with Crippen molar-refractivity contribution in [2.24, 2.45) is 0 Å². The van der Waals surface area contributed by atoms with Gasteiger partial charge < -0.3 is 14.4 Å². The summed E-state index contributed by atoms with van der Waals surface area (Å²) in [4.78, 5) is 41.5. The van der Waals surface area contributed by atoms with Crippen molar-refractivity contribution in [1.82, 2.24) is 9.47 Å². The van der Waals surface area contributed by atoms with E-state index in [0.29, 0.717) is 13.1 Å². The van der Waals surface area contributed by atoms with Crippen molar-refractivity contribution in [3.63, 3.8) is 0 Å². The van der Waals surface area contributed by atoms with E-state index in [2.05, 4.69) is 0 Å². The van der Waals surface area contributed by atoms with Crippen LogP contribution in [0.15, 0.2) is 41.2 Å². The van der Waals surface area contributed by atoms with Crippen LogP contribution in [-0.2, 0) is 11.3 Å². The van der Waals surface area contributed by atoms with Gasteiger partial charge in [-0.3, -0.25) is 14.4 Å². The molecule has 2 aromatic rings. The Hall–Kier alpha value is -2.89. The van der Waals surface area contributed by atoms with E-state index < -0.39 is 0 Å². The predicted octanol–water partition coefficient (Wildman–Crippen LogP) is 2.36. The molecule has 1 atom stereocenters. The number of carbonyl (C=O) groups excluding carboxylic acids is 2. The number of amides is 2. The molecular formula is C21H25N3O3. The Labute approximate surface area is 159 Å². The molecule has 1 fully saturated rings. The number of rotatable bonds is 3. The summed E-state index contributed by atoms with van der Waals surface area (Å²) in [5.41, 5.74) is 2.58. The molecule has 0 aliphatic carbocycles. The monoisotopic (exact) mass is 367 g/mol. The summed E-state index contributed by atoms with van der Waals surface area (Å²) in [5, 5.41) is 0. The molecule has 1 aromatic heterocycles. The average Bonchev–Trinajstić information content (AvgIpc) is 2.64. The summed E-state index contributed by atoms with van der Waals surface area (Å²) in [5.74, 6) is -0.528. The number of benzene rings is 1. The van der Waals surface area contributed by atoms with Crippen molar-refractivity contribution in [3.8, 4) is 0 Å². The highest BCUT2D eigenvalue weighted by molar-refractivity contribution is 6.01. The van der Waals surface area contributed by atoms with Gasteiger partial charge in [-0.2, -0.15) is 0 Å². The lowest BCUT2D eigenvalue weighted by molar-refractivity contribution is -0.121. The number of piperazine rings is 1. The number of pyridine rings is 1. The lowest BCUT2D eigenvalue weighted by Crippen LogP contribution is -2.57. The second kappa shape index (κ2) is 7.39. The van der Waals surface area contributed by atoms with Crippen molar-refractivity contribution in [2.45, 2.75) is 40.3 Å². The largest absolute Gasteiger partial charge is 0.325 e. The first-order chi connectivity index (χ1) is 12.8. The van der Waals surface area contributed by atoms with Crippen LogP contribution >= 0.6 is 0 Å². The van der Waals surface area contributed by atoms with E-state index in [9.17, 15) is 14.4 Å². The van der Waals surface area contributed by atoms with Gasteiger partial charge in [-0.25, -0.2) is 0 Å². The quantitative estimate of drug-likeness (QED) is 0.837. The van der Waals surface area contributed by atoms with Crippen molar-refractivity contribution >= 4 is 17.5 Å². The molecule has 2 heterocycles. The maximum absolute atomic E-state index is 13.0. The molecule has 1 saturated heterocycles. The molecule has 1 aromatic carbocycles. The number of aryl methyl sites for hydroxylation is 2. The van der Waals surface area contributed by atoms with Crippen LogP contribution < -0.4 is 10.5 Å². The summed E-state index contributed by atoms with van der Waals surface area (Å²) in [7, 11) is 0. The summed E-state index contributed by atoms with van der Waals surface area (Å²) in [6.07, 6.45) is 0. The number of hydrogen-bond donors (Lipinski definition) is 0. The summed E-state index contributed by atoms with van der Waals surface area (Å²) in [6.45, 7) is 8.48. The Morgan fingerprint density at radius 2 is 1.74 bits per heavy atom. The van der Waals surface area contributed by atoms with Crippen LogP contribution in [0.4, 0.5) is 5.69 Å². The van der Waals surface area contributed by atoms with Crippen LogP contribution in [0, 0.1) is 13.8 Å². The Bertz CT molecular complexity index is 931. The fraction of sp³-hybridized carbons (Fsp3) is 0.381. The molecule has 2 amide bonds. The molecule has 0 spiro atoms. The third-order valence-corrected chi connectivity index (χ3v) is 5.13. The molecule has 0 unspecified atom stereocenters. The third kappa shape index (κ3) is 3.52. The molecule has 1 aliphatic rings. The minimum atomic E-state index is -0.383. The molecule has 0 N–H and O–H groups in total. The van der Waals surface area contributed by atoms with E-state index in [1.165, 1.54) is 4.90 Å². The molecule has 27 heavy (non-hydrogen) atoms. The van der Waals surface area contributed by atoms with Gasteiger partial charge in [-0.15, -0.1) is 0 Å².